The molecule has 13 heavy (non-hydrogen) atoms. The second kappa shape index (κ2) is 4.29. The van der Waals surface area contributed by atoms with E-state index in [0.29, 0.717) is 5.03 Å². The van der Waals surface area contributed by atoms with Crippen LogP contribution in [0.4, 0.5) is 0 Å². The van der Waals surface area contributed by atoms with Crippen LogP contribution in [0.15, 0.2) is 23.1 Å². The normalized spacial score (nSPS) is 14.3. The lowest BCUT2D eigenvalue weighted by Crippen LogP contribution is -2.06. The van der Waals surface area contributed by atoms with Crippen LogP contribution in [-0.4, -0.2) is 14.2 Å². The molecule has 0 N–H and O–H groups in total. The number of rotatable bonds is 3. The third-order valence-corrected chi connectivity index (χ3v) is 2.81. The molecular weight excluding hydrogens is 208 g/mol. The van der Waals surface area contributed by atoms with Crippen molar-refractivity contribution in [2.75, 3.05) is 5.75 Å². The molecule has 0 aromatic heterocycles. The van der Waals surface area contributed by atoms with Gasteiger partial charge in [-0.1, -0.05) is 45.0 Å². The van der Waals surface area contributed by atoms with Gasteiger partial charge in [-0.05, 0) is 5.41 Å². The van der Waals surface area contributed by atoms with Gasteiger partial charge in [-0.3, -0.25) is 0 Å². The highest BCUT2D eigenvalue weighted by Crippen LogP contribution is 2.20. The molecule has 0 fully saturated rings. The average molecular weight is 223 g/mol. The van der Waals surface area contributed by atoms with Crippen molar-refractivity contribution in [3.05, 3.63) is 23.1 Å². The van der Waals surface area contributed by atoms with Crippen LogP contribution >= 0.6 is 11.6 Å². The molecule has 0 bridgehead atoms. The Bertz CT molecular complexity index is 307. The smallest absolute Gasteiger partial charge is 0.176 e. The molecule has 0 saturated carbocycles. The Labute approximate surface area is 85.2 Å². The highest BCUT2D eigenvalue weighted by molar-refractivity contribution is 7.94. The number of hydrogen-bond acceptors (Lipinski definition) is 2. The fourth-order valence-corrected chi connectivity index (χ4v) is 2.13. The molecule has 4 heteroatoms. The third kappa shape index (κ3) is 6.84. The van der Waals surface area contributed by atoms with E-state index in [0.717, 1.165) is 5.41 Å². The molecule has 0 amide bonds. The van der Waals surface area contributed by atoms with Crippen molar-refractivity contribution in [2.24, 2.45) is 5.41 Å². The summed E-state index contributed by atoms with van der Waals surface area (Å²) in [6, 6.07) is 0. The van der Waals surface area contributed by atoms with Crippen LogP contribution in [0, 0.1) is 5.41 Å². The van der Waals surface area contributed by atoms with Crippen LogP contribution in [-0.2, 0) is 9.84 Å². The number of halogens is 1. The summed E-state index contributed by atoms with van der Waals surface area (Å²) in [4.78, 5) is 0. The van der Waals surface area contributed by atoms with Crippen molar-refractivity contribution < 1.29 is 8.42 Å². The first kappa shape index (κ1) is 12.7. The lowest BCUT2D eigenvalue weighted by atomic mass is 9.96. The van der Waals surface area contributed by atoms with Crippen LogP contribution in [0.25, 0.3) is 0 Å². The Morgan fingerprint density at radius 2 is 1.92 bits per heavy atom. The first-order chi connectivity index (χ1) is 5.66. The van der Waals surface area contributed by atoms with Crippen molar-refractivity contribution in [2.45, 2.75) is 20.8 Å². The SMILES string of the molecule is C=CS(=O)(=O)CC(Cl)=CC(C)(C)C. The standard InChI is InChI=1S/C9H15ClO2S/c1-5-13(11,12)7-8(10)6-9(2,3)4/h5-6H,1,7H2,2-4H3. The quantitative estimate of drug-likeness (QED) is 0.736. The summed E-state index contributed by atoms with van der Waals surface area (Å²) in [5.74, 6) is -0.157. The fraction of sp³-hybridized carbons (Fsp3) is 0.556. The summed E-state index contributed by atoms with van der Waals surface area (Å²) in [5, 5.41) is 1.26. The topological polar surface area (TPSA) is 34.1 Å². The van der Waals surface area contributed by atoms with E-state index in [9.17, 15) is 8.42 Å². The molecule has 0 rings (SSSR count). The second-order valence-corrected chi connectivity index (χ2v) is 6.36. The molecule has 0 aromatic carbocycles. The molecule has 0 aliphatic carbocycles. The zero-order chi connectivity index (χ0) is 10.7. The van der Waals surface area contributed by atoms with Gasteiger partial charge in [-0.2, -0.15) is 0 Å². The first-order valence-corrected chi connectivity index (χ1v) is 5.98. The Kier molecular flexibility index (Phi) is 4.20. The van der Waals surface area contributed by atoms with Crippen LogP contribution < -0.4 is 0 Å². The molecule has 2 nitrogen and oxygen atoms in total. The highest BCUT2D eigenvalue weighted by atomic mass is 35.5. The van der Waals surface area contributed by atoms with Gasteiger partial charge in [0.25, 0.3) is 0 Å². The van der Waals surface area contributed by atoms with Crippen molar-refractivity contribution in [3.8, 4) is 0 Å². The predicted octanol–water partition coefficient (Wildman–Crippen LogP) is 2.71. The van der Waals surface area contributed by atoms with E-state index in [4.69, 9.17) is 11.6 Å². The van der Waals surface area contributed by atoms with Gasteiger partial charge in [0.2, 0.25) is 0 Å². The zero-order valence-corrected chi connectivity index (χ0v) is 9.74. The molecule has 0 radical (unpaired) electrons. The maximum Gasteiger partial charge on any atom is 0.176 e. The molecular formula is C9H15ClO2S. The maximum absolute atomic E-state index is 11.1. The van der Waals surface area contributed by atoms with Gasteiger partial charge in [0, 0.05) is 10.4 Å². The third-order valence-electron chi connectivity index (χ3n) is 1.18. The minimum absolute atomic E-state index is 0.103. The Morgan fingerprint density at radius 3 is 2.23 bits per heavy atom. The first-order valence-electron chi connectivity index (χ1n) is 3.89. The molecule has 0 unspecified atom stereocenters. The van der Waals surface area contributed by atoms with Gasteiger partial charge in [0.1, 0.15) is 0 Å². The van der Waals surface area contributed by atoms with Crippen molar-refractivity contribution in [1.82, 2.24) is 0 Å². The van der Waals surface area contributed by atoms with E-state index in [-0.39, 0.29) is 11.2 Å². The largest absolute Gasteiger partial charge is 0.224 e. The summed E-state index contributed by atoms with van der Waals surface area (Å²) < 4.78 is 22.1. The molecule has 0 spiro atoms. The minimum atomic E-state index is -3.23. The van der Waals surface area contributed by atoms with Gasteiger partial charge in [-0.25, -0.2) is 8.42 Å². The van der Waals surface area contributed by atoms with Crippen LogP contribution in [0.5, 0.6) is 0 Å². The molecule has 0 aromatic rings. The average Bonchev–Trinajstić information content (AvgIpc) is 1.81. The molecule has 0 atom stereocenters. The fourth-order valence-electron chi connectivity index (χ4n) is 0.763. The van der Waals surface area contributed by atoms with Crippen molar-refractivity contribution >= 4 is 21.4 Å². The van der Waals surface area contributed by atoms with Crippen LogP contribution in [0.1, 0.15) is 20.8 Å². The number of hydrogen-bond donors (Lipinski definition) is 0. The van der Waals surface area contributed by atoms with E-state index in [1.807, 2.05) is 20.8 Å². The molecule has 0 aliphatic rings. The van der Waals surface area contributed by atoms with Gasteiger partial charge >= 0.3 is 0 Å². The summed E-state index contributed by atoms with van der Waals surface area (Å²) >= 11 is 5.76. The summed E-state index contributed by atoms with van der Waals surface area (Å²) in [6.45, 7) is 9.07. The lowest BCUT2D eigenvalue weighted by molar-refractivity contribution is 0.542. The summed E-state index contributed by atoms with van der Waals surface area (Å²) in [6.07, 6.45) is 1.73. The predicted molar refractivity (Wildman–Crippen MR) is 57.4 cm³/mol. The second-order valence-electron chi connectivity index (χ2n) is 3.93. The molecule has 0 heterocycles. The monoisotopic (exact) mass is 222 g/mol. The highest BCUT2D eigenvalue weighted by Gasteiger charge is 2.12. The number of sulfone groups is 1. The van der Waals surface area contributed by atoms with Crippen LogP contribution in [0.3, 0.4) is 0 Å². The van der Waals surface area contributed by atoms with Gasteiger partial charge in [-0.15, -0.1) is 0 Å². The van der Waals surface area contributed by atoms with Gasteiger partial charge < -0.3 is 0 Å². The van der Waals surface area contributed by atoms with E-state index in [1.165, 1.54) is 0 Å². The lowest BCUT2D eigenvalue weighted by Gasteiger charge is -2.12. The molecule has 76 valence electrons. The molecule has 0 aliphatic heterocycles. The van der Waals surface area contributed by atoms with E-state index >= 15 is 0 Å². The van der Waals surface area contributed by atoms with Crippen LogP contribution in [0.2, 0.25) is 0 Å². The zero-order valence-electron chi connectivity index (χ0n) is 8.17. The number of allylic oxidation sites excluding steroid dienone is 1. The van der Waals surface area contributed by atoms with E-state index < -0.39 is 9.84 Å². The Balaban J connectivity index is 4.59. The van der Waals surface area contributed by atoms with E-state index in [2.05, 4.69) is 6.58 Å². The summed E-state index contributed by atoms with van der Waals surface area (Å²) in [5.41, 5.74) is -0.103. The van der Waals surface area contributed by atoms with Crippen molar-refractivity contribution in [3.63, 3.8) is 0 Å². The minimum Gasteiger partial charge on any atom is -0.224 e. The Hall–Kier alpha value is -0.280. The van der Waals surface area contributed by atoms with Crippen molar-refractivity contribution in [1.29, 1.82) is 0 Å². The summed E-state index contributed by atoms with van der Waals surface area (Å²) in [7, 11) is -3.23. The molecule has 0 saturated heterocycles. The van der Waals surface area contributed by atoms with Gasteiger partial charge in [0.15, 0.2) is 9.84 Å². The van der Waals surface area contributed by atoms with Gasteiger partial charge in [0.05, 0.1) is 5.75 Å². The van der Waals surface area contributed by atoms with E-state index in [1.54, 1.807) is 6.08 Å². The maximum atomic E-state index is 11.1. The Morgan fingerprint density at radius 1 is 1.46 bits per heavy atom.